The molecule has 0 saturated carbocycles. The first-order valence-corrected chi connectivity index (χ1v) is 5.60. The summed E-state index contributed by atoms with van der Waals surface area (Å²) < 4.78 is 0.754. The molecule has 0 bridgehead atoms. The standard InChI is InChI=1S/C11H8BrClN2/c1-7-9(12)10(13)15-11(14-7)8-5-3-2-4-6-8/h2-6H,1H3. The van der Waals surface area contributed by atoms with Gasteiger partial charge in [-0.15, -0.1) is 0 Å². The number of halogens is 2. The van der Waals surface area contributed by atoms with Gasteiger partial charge in [0, 0.05) is 5.56 Å². The summed E-state index contributed by atoms with van der Waals surface area (Å²) in [6.45, 7) is 1.89. The highest BCUT2D eigenvalue weighted by Crippen LogP contribution is 2.25. The molecule has 0 spiro atoms. The third-order valence-electron chi connectivity index (χ3n) is 2.01. The quantitative estimate of drug-likeness (QED) is 0.743. The molecule has 0 atom stereocenters. The van der Waals surface area contributed by atoms with Gasteiger partial charge in [0.05, 0.1) is 10.2 Å². The second kappa shape index (κ2) is 4.29. The van der Waals surface area contributed by atoms with Crippen LogP contribution in [0.2, 0.25) is 5.15 Å². The third kappa shape index (κ3) is 2.19. The van der Waals surface area contributed by atoms with Gasteiger partial charge in [-0.1, -0.05) is 41.9 Å². The molecule has 2 nitrogen and oxygen atoms in total. The monoisotopic (exact) mass is 282 g/mol. The molecule has 1 heterocycles. The second-order valence-corrected chi connectivity index (χ2v) is 4.25. The molecule has 1 aromatic heterocycles. The smallest absolute Gasteiger partial charge is 0.161 e. The van der Waals surface area contributed by atoms with E-state index in [-0.39, 0.29) is 0 Å². The van der Waals surface area contributed by atoms with Gasteiger partial charge in [-0.3, -0.25) is 0 Å². The van der Waals surface area contributed by atoms with Crippen LogP contribution in [0.5, 0.6) is 0 Å². The number of nitrogens with zero attached hydrogens (tertiary/aromatic N) is 2. The van der Waals surface area contributed by atoms with Gasteiger partial charge in [0.2, 0.25) is 0 Å². The molecule has 0 radical (unpaired) electrons. The third-order valence-corrected chi connectivity index (χ3v) is 3.46. The Kier molecular flexibility index (Phi) is 3.03. The average molecular weight is 284 g/mol. The van der Waals surface area contributed by atoms with Crippen LogP contribution >= 0.6 is 27.5 Å². The molecular formula is C11H8BrClN2. The number of hydrogen-bond donors (Lipinski definition) is 0. The molecule has 0 aliphatic rings. The summed E-state index contributed by atoms with van der Waals surface area (Å²) in [5.74, 6) is 0.654. The SMILES string of the molecule is Cc1nc(-c2ccccc2)nc(Cl)c1Br. The van der Waals surface area contributed by atoms with Crippen LogP contribution in [0.15, 0.2) is 34.8 Å². The molecule has 2 aromatic rings. The van der Waals surface area contributed by atoms with E-state index in [0.29, 0.717) is 11.0 Å². The molecular weight excluding hydrogens is 275 g/mol. The van der Waals surface area contributed by atoms with Gasteiger partial charge in [-0.25, -0.2) is 9.97 Å². The van der Waals surface area contributed by atoms with E-state index in [1.54, 1.807) is 0 Å². The van der Waals surface area contributed by atoms with Crippen molar-refractivity contribution in [2.24, 2.45) is 0 Å². The zero-order valence-electron chi connectivity index (χ0n) is 8.04. The normalized spacial score (nSPS) is 10.3. The molecule has 0 fully saturated rings. The Morgan fingerprint density at radius 2 is 1.80 bits per heavy atom. The van der Waals surface area contributed by atoms with E-state index in [1.807, 2.05) is 37.3 Å². The summed E-state index contributed by atoms with van der Waals surface area (Å²) in [6.07, 6.45) is 0. The highest BCUT2D eigenvalue weighted by atomic mass is 79.9. The molecule has 0 amide bonds. The summed E-state index contributed by atoms with van der Waals surface area (Å²) >= 11 is 9.30. The minimum absolute atomic E-state index is 0.446. The van der Waals surface area contributed by atoms with Crippen molar-refractivity contribution in [1.29, 1.82) is 0 Å². The zero-order valence-corrected chi connectivity index (χ0v) is 10.4. The number of aryl methyl sites for hydroxylation is 1. The van der Waals surface area contributed by atoms with E-state index >= 15 is 0 Å². The fraction of sp³-hybridized carbons (Fsp3) is 0.0909. The summed E-state index contributed by atoms with van der Waals surface area (Å²) in [5, 5.41) is 0.446. The van der Waals surface area contributed by atoms with E-state index in [0.717, 1.165) is 15.7 Å². The molecule has 0 aliphatic heterocycles. The van der Waals surface area contributed by atoms with Gasteiger partial charge in [0.15, 0.2) is 5.82 Å². The lowest BCUT2D eigenvalue weighted by atomic mass is 10.2. The minimum Gasteiger partial charge on any atom is -0.232 e. The molecule has 0 saturated heterocycles. The van der Waals surface area contributed by atoms with Gasteiger partial charge in [-0.05, 0) is 22.9 Å². The number of aromatic nitrogens is 2. The zero-order chi connectivity index (χ0) is 10.8. The molecule has 0 N–H and O–H groups in total. The van der Waals surface area contributed by atoms with Crippen LogP contribution in [0.25, 0.3) is 11.4 Å². The predicted molar refractivity (Wildman–Crippen MR) is 64.9 cm³/mol. The maximum Gasteiger partial charge on any atom is 0.161 e. The first-order valence-electron chi connectivity index (χ1n) is 4.43. The first kappa shape index (κ1) is 10.6. The van der Waals surface area contributed by atoms with Crippen molar-refractivity contribution in [3.8, 4) is 11.4 Å². The van der Waals surface area contributed by atoms with Crippen LogP contribution in [0, 0.1) is 6.92 Å². The van der Waals surface area contributed by atoms with Gasteiger partial charge < -0.3 is 0 Å². The Hall–Kier alpha value is -0.930. The van der Waals surface area contributed by atoms with E-state index in [1.165, 1.54) is 0 Å². The predicted octanol–water partition coefficient (Wildman–Crippen LogP) is 3.87. The van der Waals surface area contributed by atoms with Crippen molar-refractivity contribution in [1.82, 2.24) is 9.97 Å². The fourth-order valence-corrected chi connectivity index (χ4v) is 1.63. The lowest BCUT2D eigenvalue weighted by Crippen LogP contribution is -1.94. The molecule has 2 rings (SSSR count). The fourth-order valence-electron chi connectivity index (χ4n) is 1.24. The van der Waals surface area contributed by atoms with Crippen LogP contribution < -0.4 is 0 Å². The van der Waals surface area contributed by atoms with E-state index in [9.17, 15) is 0 Å². The van der Waals surface area contributed by atoms with Gasteiger partial charge in [0.1, 0.15) is 5.15 Å². The van der Waals surface area contributed by atoms with E-state index < -0.39 is 0 Å². The average Bonchev–Trinajstić information content (AvgIpc) is 2.26. The Morgan fingerprint density at radius 3 is 2.40 bits per heavy atom. The van der Waals surface area contributed by atoms with Crippen molar-refractivity contribution >= 4 is 27.5 Å². The highest BCUT2D eigenvalue weighted by molar-refractivity contribution is 9.10. The van der Waals surface area contributed by atoms with E-state index in [2.05, 4.69) is 25.9 Å². The van der Waals surface area contributed by atoms with E-state index in [4.69, 9.17) is 11.6 Å². The summed E-state index contributed by atoms with van der Waals surface area (Å²) in [4.78, 5) is 8.57. The summed E-state index contributed by atoms with van der Waals surface area (Å²) in [7, 11) is 0. The van der Waals surface area contributed by atoms with Crippen molar-refractivity contribution in [3.63, 3.8) is 0 Å². The van der Waals surface area contributed by atoms with Crippen molar-refractivity contribution in [3.05, 3.63) is 45.7 Å². The maximum atomic E-state index is 5.97. The number of hydrogen-bond acceptors (Lipinski definition) is 2. The Labute approximate surface area is 101 Å². The molecule has 1 aromatic carbocycles. The lowest BCUT2D eigenvalue weighted by molar-refractivity contribution is 1.09. The Balaban J connectivity index is 2.56. The molecule has 76 valence electrons. The largest absolute Gasteiger partial charge is 0.232 e. The number of benzene rings is 1. The van der Waals surface area contributed by atoms with Crippen LogP contribution in [0.3, 0.4) is 0 Å². The molecule has 4 heteroatoms. The van der Waals surface area contributed by atoms with Gasteiger partial charge >= 0.3 is 0 Å². The van der Waals surface area contributed by atoms with Crippen molar-refractivity contribution in [2.75, 3.05) is 0 Å². The topological polar surface area (TPSA) is 25.8 Å². The Bertz CT molecular complexity index is 462. The van der Waals surface area contributed by atoms with Crippen LogP contribution in [-0.4, -0.2) is 9.97 Å². The summed E-state index contributed by atoms with van der Waals surface area (Å²) in [5.41, 5.74) is 1.81. The van der Waals surface area contributed by atoms with Gasteiger partial charge in [-0.2, -0.15) is 0 Å². The van der Waals surface area contributed by atoms with Crippen LogP contribution in [0.1, 0.15) is 5.69 Å². The first-order chi connectivity index (χ1) is 7.18. The lowest BCUT2D eigenvalue weighted by Gasteiger charge is -2.04. The summed E-state index contributed by atoms with van der Waals surface area (Å²) in [6, 6.07) is 9.77. The minimum atomic E-state index is 0.446. The molecule has 0 aliphatic carbocycles. The van der Waals surface area contributed by atoms with Crippen molar-refractivity contribution in [2.45, 2.75) is 6.92 Å². The second-order valence-electron chi connectivity index (χ2n) is 3.10. The maximum absolute atomic E-state index is 5.97. The van der Waals surface area contributed by atoms with Crippen LogP contribution in [-0.2, 0) is 0 Å². The number of rotatable bonds is 1. The highest BCUT2D eigenvalue weighted by Gasteiger charge is 2.08. The molecule has 15 heavy (non-hydrogen) atoms. The van der Waals surface area contributed by atoms with Gasteiger partial charge in [0.25, 0.3) is 0 Å². The van der Waals surface area contributed by atoms with Crippen LogP contribution in [0.4, 0.5) is 0 Å². The Morgan fingerprint density at radius 1 is 1.13 bits per heavy atom. The van der Waals surface area contributed by atoms with Crippen molar-refractivity contribution < 1.29 is 0 Å². The molecule has 0 unspecified atom stereocenters.